The number of benzene rings is 1. The van der Waals surface area contributed by atoms with Gasteiger partial charge in [0.2, 0.25) is 5.91 Å². The molecule has 2 rings (SSSR count). The number of nitrogens with one attached hydrogen (secondary N) is 1. The summed E-state index contributed by atoms with van der Waals surface area (Å²) in [7, 11) is 0. The van der Waals surface area contributed by atoms with Gasteiger partial charge in [-0.1, -0.05) is 54.0 Å². The topological polar surface area (TPSA) is 29.1 Å². The zero-order chi connectivity index (χ0) is 13.8. The van der Waals surface area contributed by atoms with Gasteiger partial charge in [0.05, 0.1) is 5.92 Å². The second-order valence-corrected chi connectivity index (χ2v) is 6.30. The molecule has 0 saturated carbocycles. The summed E-state index contributed by atoms with van der Waals surface area (Å²) in [4.78, 5) is 12.5. The first-order valence-corrected chi connectivity index (χ1v) is 8.19. The number of hydrogen-bond donors (Lipinski definition) is 1. The smallest absolute Gasteiger partial charge is 0.227 e. The summed E-state index contributed by atoms with van der Waals surface area (Å²) in [5, 5.41) is 4.00. The van der Waals surface area contributed by atoms with Crippen molar-refractivity contribution in [3.8, 4) is 0 Å². The van der Waals surface area contributed by atoms with Crippen LogP contribution in [0.25, 0.3) is 0 Å². The molecule has 0 heterocycles. The molecule has 0 aliphatic heterocycles. The summed E-state index contributed by atoms with van der Waals surface area (Å²) in [5.41, 5.74) is 2.57. The van der Waals surface area contributed by atoms with E-state index in [1.165, 1.54) is 11.1 Å². The molecule has 0 bridgehead atoms. The van der Waals surface area contributed by atoms with Crippen LogP contribution in [-0.4, -0.2) is 17.3 Å². The van der Waals surface area contributed by atoms with E-state index in [-0.39, 0.29) is 17.9 Å². The van der Waals surface area contributed by atoms with Crippen molar-refractivity contribution < 1.29 is 4.79 Å². The number of aryl methyl sites for hydroxylation is 1. The van der Waals surface area contributed by atoms with Crippen LogP contribution in [0.15, 0.2) is 24.3 Å². The Morgan fingerprint density at radius 3 is 2.84 bits per heavy atom. The standard InChI is InChI=1S/C16H22BrNO/c1-11(2)15(10-17)18-16(19)14-9-5-7-12-6-3-4-8-13(12)14/h3-4,6,8,11,14-15H,5,7,9-10H2,1-2H3,(H,18,19). The summed E-state index contributed by atoms with van der Waals surface area (Å²) in [6.07, 6.45) is 3.18. The number of carbonyl (C=O) groups is 1. The number of carbonyl (C=O) groups excluding carboxylic acids is 1. The third-order valence-corrected chi connectivity index (χ3v) is 4.68. The van der Waals surface area contributed by atoms with Crippen LogP contribution in [0.5, 0.6) is 0 Å². The van der Waals surface area contributed by atoms with Gasteiger partial charge in [-0.05, 0) is 36.3 Å². The summed E-state index contributed by atoms with van der Waals surface area (Å²) in [5.74, 6) is 0.665. The van der Waals surface area contributed by atoms with Gasteiger partial charge in [0.25, 0.3) is 0 Å². The van der Waals surface area contributed by atoms with Crippen LogP contribution in [0, 0.1) is 5.92 Å². The van der Waals surface area contributed by atoms with Crippen molar-refractivity contribution in [3.63, 3.8) is 0 Å². The average molecular weight is 324 g/mol. The first-order valence-electron chi connectivity index (χ1n) is 7.07. The maximum Gasteiger partial charge on any atom is 0.227 e. The zero-order valence-corrected chi connectivity index (χ0v) is 13.2. The number of alkyl halides is 1. The van der Waals surface area contributed by atoms with Crippen LogP contribution < -0.4 is 5.32 Å². The predicted molar refractivity (Wildman–Crippen MR) is 82.7 cm³/mol. The minimum Gasteiger partial charge on any atom is -0.352 e. The molecule has 19 heavy (non-hydrogen) atoms. The molecule has 1 aromatic carbocycles. The fourth-order valence-corrected chi connectivity index (χ4v) is 3.60. The van der Waals surface area contributed by atoms with Crippen molar-refractivity contribution in [2.75, 3.05) is 5.33 Å². The van der Waals surface area contributed by atoms with Crippen LogP contribution in [0.4, 0.5) is 0 Å². The van der Waals surface area contributed by atoms with E-state index in [0.717, 1.165) is 24.6 Å². The molecule has 0 radical (unpaired) electrons. The molecule has 1 amide bonds. The quantitative estimate of drug-likeness (QED) is 0.842. The predicted octanol–water partition coefficient (Wildman–Crippen LogP) is 3.64. The van der Waals surface area contributed by atoms with Crippen LogP contribution in [0.1, 0.15) is 43.7 Å². The summed E-state index contributed by atoms with van der Waals surface area (Å²) in [6.45, 7) is 4.28. The van der Waals surface area contributed by atoms with E-state index in [2.05, 4.69) is 53.3 Å². The lowest BCUT2D eigenvalue weighted by Crippen LogP contribution is -2.42. The largest absolute Gasteiger partial charge is 0.352 e. The molecular weight excluding hydrogens is 302 g/mol. The van der Waals surface area contributed by atoms with Gasteiger partial charge in [-0.3, -0.25) is 4.79 Å². The van der Waals surface area contributed by atoms with E-state index < -0.39 is 0 Å². The highest BCUT2D eigenvalue weighted by Gasteiger charge is 2.27. The Balaban J connectivity index is 2.12. The van der Waals surface area contributed by atoms with Crippen molar-refractivity contribution in [1.29, 1.82) is 0 Å². The minimum absolute atomic E-state index is 0.0326. The van der Waals surface area contributed by atoms with E-state index in [1.54, 1.807) is 0 Å². The van der Waals surface area contributed by atoms with E-state index in [4.69, 9.17) is 0 Å². The zero-order valence-electron chi connectivity index (χ0n) is 11.7. The second kappa shape index (κ2) is 6.56. The van der Waals surface area contributed by atoms with Gasteiger partial charge < -0.3 is 5.32 Å². The molecule has 1 aliphatic rings. The van der Waals surface area contributed by atoms with Crippen LogP contribution in [0.2, 0.25) is 0 Å². The van der Waals surface area contributed by atoms with Crippen LogP contribution in [0.3, 0.4) is 0 Å². The van der Waals surface area contributed by atoms with Gasteiger partial charge in [-0.2, -0.15) is 0 Å². The molecule has 2 nitrogen and oxygen atoms in total. The number of halogens is 1. The normalized spacial score (nSPS) is 19.9. The highest BCUT2D eigenvalue weighted by atomic mass is 79.9. The van der Waals surface area contributed by atoms with Gasteiger partial charge in [0.15, 0.2) is 0 Å². The molecule has 0 aromatic heterocycles. The van der Waals surface area contributed by atoms with Gasteiger partial charge in [-0.15, -0.1) is 0 Å². The molecule has 1 aromatic rings. The molecule has 2 atom stereocenters. The molecule has 2 unspecified atom stereocenters. The Hall–Kier alpha value is -0.830. The molecule has 1 aliphatic carbocycles. The van der Waals surface area contributed by atoms with Gasteiger partial charge >= 0.3 is 0 Å². The van der Waals surface area contributed by atoms with E-state index >= 15 is 0 Å². The summed E-state index contributed by atoms with van der Waals surface area (Å²) >= 11 is 3.49. The SMILES string of the molecule is CC(C)C(CBr)NC(=O)C1CCCc2ccccc21. The highest BCUT2D eigenvalue weighted by Crippen LogP contribution is 2.31. The maximum absolute atomic E-state index is 12.5. The van der Waals surface area contributed by atoms with Crippen molar-refractivity contribution in [2.24, 2.45) is 5.92 Å². The third kappa shape index (κ3) is 3.38. The first kappa shape index (κ1) is 14.6. The van der Waals surface area contributed by atoms with Crippen molar-refractivity contribution in [1.82, 2.24) is 5.32 Å². The maximum atomic E-state index is 12.5. The van der Waals surface area contributed by atoms with Gasteiger partial charge in [0, 0.05) is 11.4 Å². The van der Waals surface area contributed by atoms with Crippen LogP contribution >= 0.6 is 15.9 Å². The Kier molecular flexibility index (Phi) is 5.03. The lowest BCUT2D eigenvalue weighted by molar-refractivity contribution is -0.123. The Morgan fingerprint density at radius 1 is 1.42 bits per heavy atom. The van der Waals surface area contributed by atoms with Crippen LogP contribution in [-0.2, 0) is 11.2 Å². The fraction of sp³-hybridized carbons (Fsp3) is 0.562. The van der Waals surface area contributed by atoms with E-state index in [9.17, 15) is 4.79 Å². The Bertz CT molecular complexity index is 444. The highest BCUT2D eigenvalue weighted by molar-refractivity contribution is 9.09. The Morgan fingerprint density at radius 2 is 2.16 bits per heavy atom. The van der Waals surface area contributed by atoms with Gasteiger partial charge in [0.1, 0.15) is 0 Å². The summed E-state index contributed by atoms with van der Waals surface area (Å²) < 4.78 is 0. The lowest BCUT2D eigenvalue weighted by Gasteiger charge is -2.28. The monoisotopic (exact) mass is 323 g/mol. The van der Waals surface area contributed by atoms with Crippen molar-refractivity contribution in [3.05, 3.63) is 35.4 Å². The number of rotatable bonds is 4. The number of hydrogen-bond acceptors (Lipinski definition) is 1. The first-order chi connectivity index (χ1) is 9.13. The molecule has 3 heteroatoms. The number of fused-ring (bicyclic) bond motifs is 1. The molecule has 0 spiro atoms. The van der Waals surface area contributed by atoms with Gasteiger partial charge in [-0.25, -0.2) is 0 Å². The molecule has 1 N–H and O–H groups in total. The fourth-order valence-electron chi connectivity index (χ4n) is 2.69. The van der Waals surface area contributed by atoms with E-state index in [0.29, 0.717) is 5.92 Å². The molecule has 0 fully saturated rings. The number of amides is 1. The summed E-state index contributed by atoms with van der Waals surface area (Å²) in [6, 6.07) is 8.57. The third-order valence-electron chi connectivity index (χ3n) is 3.98. The average Bonchev–Trinajstić information content (AvgIpc) is 2.43. The molecular formula is C16H22BrNO. The van der Waals surface area contributed by atoms with E-state index in [1.807, 2.05) is 6.07 Å². The molecule has 104 valence electrons. The second-order valence-electron chi connectivity index (χ2n) is 5.66. The minimum atomic E-state index is 0.0326. The molecule has 0 saturated heterocycles. The Labute approximate surface area is 124 Å². The lowest BCUT2D eigenvalue weighted by atomic mass is 9.82. The van der Waals surface area contributed by atoms with Crippen molar-refractivity contribution in [2.45, 2.75) is 45.1 Å². The van der Waals surface area contributed by atoms with Crippen molar-refractivity contribution >= 4 is 21.8 Å².